The fourth-order valence-corrected chi connectivity index (χ4v) is 2.47. The molecular weight excluding hydrogens is 334 g/mol. The number of nitrogens with one attached hydrogen (secondary N) is 1. The van der Waals surface area contributed by atoms with Crippen molar-refractivity contribution in [3.63, 3.8) is 0 Å². The summed E-state index contributed by atoms with van der Waals surface area (Å²) in [5, 5.41) is 11.7. The summed E-state index contributed by atoms with van der Waals surface area (Å²) in [6.07, 6.45) is 27.5. The predicted octanol–water partition coefficient (Wildman–Crippen LogP) is 5.88. The van der Waals surface area contributed by atoms with Gasteiger partial charge < -0.3 is 10.4 Å². The van der Waals surface area contributed by atoms with Gasteiger partial charge in [-0.05, 0) is 51.9 Å². The lowest BCUT2D eigenvalue weighted by molar-refractivity contribution is -0.125. The number of carbonyl (C=O) groups excluding carboxylic acids is 1. The number of hydrogen-bond acceptors (Lipinski definition) is 2. The van der Waals surface area contributed by atoms with Gasteiger partial charge in [-0.3, -0.25) is 4.79 Å². The molecule has 0 aromatic heterocycles. The van der Waals surface area contributed by atoms with E-state index in [2.05, 4.69) is 60.8 Å². The number of aliphatic hydroxyl groups is 1. The van der Waals surface area contributed by atoms with Crippen molar-refractivity contribution in [2.45, 2.75) is 84.6 Å². The fourth-order valence-electron chi connectivity index (χ4n) is 2.47. The van der Waals surface area contributed by atoms with Crippen LogP contribution in [0.4, 0.5) is 0 Å². The smallest absolute Gasteiger partial charge is 0.223 e. The quantitative estimate of drug-likeness (QED) is 0.262. The van der Waals surface area contributed by atoms with Crippen molar-refractivity contribution in [1.29, 1.82) is 0 Å². The Morgan fingerprint density at radius 3 is 1.89 bits per heavy atom. The summed E-state index contributed by atoms with van der Waals surface area (Å²) in [6, 6.07) is -0.170. The van der Waals surface area contributed by atoms with Crippen LogP contribution in [0, 0.1) is 5.92 Å². The normalized spacial score (nSPS) is 14.7. The monoisotopic (exact) mass is 375 g/mol. The van der Waals surface area contributed by atoms with Crippen LogP contribution in [0.1, 0.15) is 78.6 Å². The minimum atomic E-state index is -0.170. The van der Waals surface area contributed by atoms with E-state index in [1.165, 1.54) is 25.7 Å². The average Bonchev–Trinajstić information content (AvgIpc) is 2.67. The number of carbonyl (C=O) groups is 1. The van der Waals surface area contributed by atoms with Crippen LogP contribution < -0.4 is 5.32 Å². The van der Waals surface area contributed by atoms with Gasteiger partial charge >= 0.3 is 0 Å². The number of allylic oxidation sites excluding steroid dienone is 8. The van der Waals surface area contributed by atoms with Crippen LogP contribution in [-0.4, -0.2) is 23.7 Å². The zero-order chi connectivity index (χ0) is 20.2. The molecule has 0 aromatic rings. The largest absolute Gasteiger partial charge is 0.394 e. The standard InChI is InChI=1S/C24H41NO2/c1-4-5-6-7-8-9-10-11-12-13-14-15-16-17-18-19-20-22(2)24(27)25-23(3)21-26/h8-9,11-12,14-15,17-18,22-23,26H,4-7,10,13,16,19-21H2,1-3H3,(H,25,27)/t22-,23-/m1/s1. The molecule has 0 bridgehead atoms. The molecule has 0 fully saturated rings. The Kier molecular flexibility index (Phi) is 18.0. The van der Waals surface area contributed by atoms with Crippen molar-refractivity contribution in [3.05, 3.63) is 48.6 Å². The lowest BCUT2D eigenvalue weighted by atomic mass is 10.0. The molecule has 0 radical (unpaired) electrons. The van der Waals surface area contributed by atoms with Crippen LogP contribution in [0.3, 0.4) is 0 Å². The second-order valence-electron chi connectivity index (χ2n) is 7.16. The Hall–Kier alpha value is -1.61. The number of unbranched alkanes of at least 4 members (excludes halogenated alkanes) is 3. The van der Waals surface area contributed by atoms with Gasteiger partial charge in [-0.25, -0.2) is 0 Å². The first-order valence-electron chi connectivity index (χ1n) is 10.6. The molecule has 0 aromatic carbocycles. The number of amides is 1. The van der Waals surface area contributed by atoms with Gasteiger partial charge in [0.25, 0.3) is 0 Å². The van der Waals surface area contributed by atoms with Gasteiger partial charge in [-0.1, -0.05) is 75.3 Å². The Morgan fingerprint density at radius 1 is 0.852 bits per heavy atom. The van der Waals surface area contributed by atoms with E-state index < -0.39 is 0 Å². The second kappa shape index (κ2) is 19.2. The molecule has 0 heterocycles. The van der Waals surface area contributed by atoms with Crippen molar-refractivity contribution in [1.82, 2.24) is 5.32 Å². The second-order valence-corrected chi connectivity index (χ2v) is 7.16. The molecule has 3 heteroatoms. The number of rotatable bonds is 16. The topological polar surface area (TPSA) is 49.3 Å². The van der Waals surface area contributed by atoms with Crippen molar-refractivity contribution in [2.75, 3.05) is 6.61 Å². The average molecular weight is 376 g/mol. The highest BCUT2D eigenvalue weighted by molar-refractivity contribution is 5.78. The van der Waals surface area contributed by atoms with Crippen LogP contribution in [0.2, 0.25) is 0 Å². The highest BCUT2D eigenvalue weighted by atomic mass is 16.3. The SMILES string of the molecule is CCCCCC=CCC=CCC=CCC=CCC[C@@H](C)C(=O)N[C@H](C)CO. The van der Waals surface area contributed by atoms with E-state index in [9.17, 15) is 4.79 Å². The summed E-state index contributed by atoms with van der Waals surface area (Å²) in [6.45, 7) is 5.95. The first-order chi connectivity index (χ1) is 13.1. The molecule has 27 heavy (non-hydrogen) atoms. The summed E-state index contributed by atoms with van der Waals surface area (Å²) >= 11 is 0. The van der Waals surface area contributed by atoms with Gasteiger partial charge in [0.15, 0.2) is 0 Å². The van der Waals surface area contributed by atoms with Crippen molar-refractivity contribution >= 4 is 5.91 Å². The highest BCUT2D eigenvalue weighted by Crippen LogP contribution is 2.07. The fraction of sp³-hybridized carbons (Fsp3) is 0.625. The molecule has 2 N–H and O–H groups in total. The molecule has 0 rings (SSSR count). The lowest BCUT2D eigenvalue weighted by Gasteiger charge is -2.15. The van der Waals surface area contributed by atoms with Crippen molar-refractivity contribution in [3.8, 4) is 0 Å². The third-order valence-electron chi connectivity index (χ3n) is 4.33. The first kappa shape index (κ1) is 25.4. The van der Waals surface area contributed by atoms with E-state index in [0.717, 1.165) is 32.1 Å². The molecular formula is C24H41NO2. The maximum atomic E-state index is 11.8. The third kappa shape index (κ3) is 17.6. The molecule has 0 saturated carbocycles. The van der Waals surface area contributed by atoms with Crippen LogP contribution in [0.25, 0.3) is 0 Å². The van der Waals surface area contributed by atoms with Crippen molar-refractivity contribution < 1.29 is 9.90 Å². The summed E-state index contributed by atoms with van der Waals surface area (Å²) in [5.74, 6) is -0.00235. The maximum absolute atomic E-state index is 11.8. The molecule has 0 saturated heterocycles. The minimum absolute atomic E-state index is 0.0182. The molecule has 3 nitrogen and oxygen atoms in total. The summed E-state index contributed by atoms with van der Waals surface area (Å²) in [5.41, 5.74) is 0. The van der Waals surface area contributed by atoms with Crippen LogP contribution >= 0.6 is 0 Å². The van der Waals surface area contributed by atoms with E-state index in [1.54, 1.807) is 6.92 Å². The van der Waals surface area contributed by atoms with Gasteiger partial charge in [0.05, 0.1) is 6.61 Å². The highest BCUT2D eigenvalue weighted by Gasteiger charge is 2.13. The van der Waals surface area contributed by atoms with Crippen molar-refractivity contribution in [2.24, 2.45) is 5.92 Å². The Morgan fingerprint density at radius 2 is 1.37 bits per heavy atom. The van der Waals surface area contributed by atoms with Gasteiger partial charge in [-0.15, -0.1) is 0 Å². The molecule has 2 atom stereocenters. The van der Waals surface area contributed by atoms with Crippen LogP contribution in [0.5, 0.6) is 0 Å². The Labute approximate surface area is 167 Å². The zero-order valence-electron chi connectivity index (χ0n) is 17.7. The Bertz CT molecular complexity index is 463. The summed E-state index contributed by atoms with van der Waals surface area (Å²) < 4.78 is 0. The lowest BCUT2D eigenvalue weighted by Crippen LogP contribution is -2.38. The zero-order valence-corrected chi connectivity index (χ0v) is 17.7. The van der Waals surface area contributed by atoms with Gasteiger partial charge in [0, 0.05) is 12.0 Å². The molecule has 0 aliphatic heterocycles. The molecule has 1 amide bonds. The number of aliphatic hydroxyl groups excluding tert-OH is 1. The van der Waals surface area contributed by atoms with Crippen LogP contribution in [-0.2, 0) is 4.79 Å². The molecule has 154 valence electrons. The van der Waals surface area contributed by atoms with Gasteiger partial charge in [0.2, 0.25) is 5.91 Å². The van der Waals surface area contributed by atoms with E-state index in [0.29, 0.717) is 0 Å². The van der Waals surface area contributed by atoms with E-state index in [1.807, 2.05) is 6.92 Å². The minimum Gasteiger partial charge on any atom is -0.394 e. The third-order valence-corrected chi connectivity index (χ3v) is 4.33. The molecule has 0 unspecified atom stereocenters. The van der Waals surface area contributed by atoms with Gasteiger partial charge in [-0.2, -0.15) is 0 Å². The summed E-state index contributed by atoms with van der Waals surface area (Å²) in [4.78, 5) is 11.8. The Balaban J connectivity index is 3.65. The van der Waals surface area contributed by atoms with Gasteiger partial charge in [0.1, 0.15) is 0 Å². The molecule has 0 spiro atoms. The van der Waals surface area contributed by atoms with E-state index in [-0.39, 0.29) is 24.5 Å². The van der Waals surface area contributed by atoms with Crippen LogP contribution in [0.15, 0.2) is 48.6 Å². The summed E-state index contributed by atoms with van der Waals surface area (Å²) in [7, 11) is 0. The predicted molar refractivity (Wildman–Crippen MR) is 118 cm³/mol. The first-order valence-corrected chi connectivity index (χ1v) is 10.6. The molecule has 0 aliphatic carbocycles. The van der Waals surface area contributed by atoms with E-state index >= 15 is 0 Å². The molecule has 0 aliphatic rings. The maximum Gasteiger partial charge on any atom is 0.223 e. The van der Waals surface area contributed by atoms with E-state index in [4.69, 9.17) is 5.11 Å². The number of hydrogen-bond donors (Lipinski definition) is 2.